The monoisotopic (exact) mass is 568 g/mol. The molecule has 0 aliphatic carbocycles. The molecule has 2 atom stereocenters. The zero-order chi connectivity index (χ0) is 29.7. The molecule has 0 aromatic heterocycles. The Labute approximate surface area is 249 Å². The minimum atomic E-state index is -0.316. The van der Waals surface area contributed by atoms with Gasteiger partial charge < -0.3 is 14.4 Å². The largest absolute Gasteiger partial charge is 0.462 e. The Bertz CT molecular complexity index is 566. The van der Waals surface area contributed by atoms with Crippen LogP contribution in [0.4, 0.5) is 0 Å². The lowest BCUT2D eigenvalue weighted by Crippen LogP contribution is -2.28. The van der Waals surface area contributed by atoms with Crippen molar-refractivity contribution in [2.75, 3.05) is 27.2 Å². The van der Waals surface area contributed by atoms with Crippen LogP contribution in [0.3, 0.4) is 0 Å². The quantitative estimate of drug-likeness (QED) is 0.0638. The molecule has 0 saturated carbocycles. The Kier molecular flexibility index (Phi) is 28.6. The van der Waals surface area contributed by atoms with E-state index in [1.165, 1.54) is 83.5 Å². The average molecular weight is 568 g/mol. The average Bonchev–Trinajstić information content (AvgIpc) is 2.93. The van der Waals surface area contributed by atoms with Crippen molar-refractivity contribution in [2.24, 2.45) is 5.92 Å². The minimum Gasteiger partial charge on any atom is -0.462 e. The van der Waals surface area contributed by atoms with E-state index in [0.717, 1.165) is 70.8 Å². The van der Waals surface area contributed by atoms with Crippen molar-refractivity contribution in [1.29, 1.82) is 0 Å². The summed E-state index contributed by atoms with van der Waals surface area (Å²) in [4.78, 5) is 28.0. The van der Waals surface area contributed by atoms with Crippen molar-refractivity contribution in [3.63, 3.8) is 0 Å². The minimum absolute atomic E-state index is 0.0188. The molecular weight excluding hydrogens is 498 g/mol. The number of carbonyl (C=O) groups excluding carboxylic acids is 2. The zero-order valence-corrected chi connectivity index (χ0v) is 27.6. The summed E-state index contributed by atoms with van der Waals surface area (Å²) in [6, 6.07) is 0. The van der Waals surface area contributed by atoms with Crippen LogP contribution < -0.4 is 0 Å². The maximum atomic E-state index is 13.2. The molecule has 0 bridgehead atoms. The van der Waals surface area contributed by atoms with Gasteiger partial charge in [-0.2, -0.15) is 0 Å². The summed E-state index contributed by atoms with van der Waals surface area (Å²) in [6.45, 7) is 7.96. The highest BCUT2D eigenvalue weighted by Gasteiger charge is 2.22. The molecule has 0 N–H and O–H groups in total. The molecule has 40 heavy (non-hydrogen) atoms. The first-order valence-electron chi connectivity index (χ1n) is 17.4. The zero-order valence-electron chi connectivity index (χ0n) is 27.6. The summed E-state index contributed by atoms with van der Waals surface area (Å²) in [7, 11) is 4.15. The second kappa shape index (κ2) is 29.4. The summed E-state index contributed by atoms with van der Waals surface area (Å²) < 4.78 is 11.8. The van der Waals surface area contributed by atoms with Crippen LogP contribution in [0.1, 0.15) is 175 Å². The van der Waals surface area contributed by atoms with Crippen molar-refractivity contribution < 1.29 is 19.1 Å². The van der Waals surface area contributed by atoms with Gasteiger partial charge in [0.15, 0.2) is 0 Å². The van der Waals surface area contributed by atoms with Gasteiger partial charge in [0, 0.05) is 6.42 Å². The van der Waals surface area contributed by atoms with E-state index in [4.69, 9.17) is 9.47 Å². The van der Waals surface area contributed by atoms with Crippen LogP contribution in [0.5, 0.6) is 0 Å². The molecule has 0 heterocycles. The number of ether oxygens (including phenoxy) is 2. The molecule has 0 radical (unpaired) electrons. The Balaban J connectivity index is 4.79. The van der Waals surface area contributed by atoms with Crippen LogP contribution in [-0.4, -0.2) is 50.2 Å². The Morgan fingerprint density at radius 3 is 1.55 bits per heavy atom. The summed E-state index contributed by atoms with van der Waals surface area (Å²) in [6.07, 6.45) is 26.4. The van der Waals surface area contributed by atoms with Crippen LogP contribution in [0, 0.1) is 5.92 Å². The maximum Gasteiger partial charge on any atom is 0.309 e. The fourth-order valence-electron chi connectivity index (χ4n) is 5.29. The summed E-state index contributed by atoms with van der Waals surface area (Å²) in [5, 5.41) is 0. The van der Waals surface area contributed by atoms with Gasteiger partial charge >= 0.3 is 11.9 Å². The molecule has 0 rings (SSSR count). The van der Waals surface area contributed by atoms with E-state index in [1.54, 1.807) is 0 Å². The van der Waals surface area contributed by atoms with Crippen LogP contribution in [-0.2, 0) is 19.1 Å². The predicted molar refractivity (Wildman–Crippen MR) is 171 cm³/mol. The lowest BCUT2D eigenvalue weighted by molar-refractivity contribution is -0.162. The SMILES string of the molecule is CCCCCCCCCC(COC(=O)C(CCCCCC)CCCCCCCC)OC(=O)CCCCCN(C)C. The van der Waals surface area contributed by atoms with Gasteiger partial charge in [-0.25, -0.2) is 0 Å². The van der Waals surface area contributed by atoms with Crippen LogP contribution in [0.25, 0.3) is 0 Å². The first kappa shape index (κ1) is 38.9. The Morgan fingerprint density at radius 1 is 0.575 bits per heavy atom. The van der Waals surface area contributed by atoms with E-state index >= 15 is 0 Å². The predicted octanol–water partition coefficient (Wildman–Crippen LogP) is 10.0. The van der Waals surface area contributed by atoms with Crippen LogP contribution in [0.15, 0.2) is 0 Å². The van der Waals surface area contributed by atoms with E-state index in [-0.39, 0.29) is 30.6 Å². The second-order valence-electron chi connectivity index (χ2n) is 12.4. The number of unbranched alkanes of at least 4 members (excludes halogenated alkanes) is 16. The number of nitrogens with zero attached hydrogens (tertiary/aromatic N) is 1. The first-order valence-corrected chi connectivity index (χ1v) is 17.4. The van der Waals surface area contributed by atoms with Gasteiger partial charge in [-0.05, 0) is 59.2 Å². The Morgan fingerprint density at radius 2 is 1.02 bits per heavy atom. The lowest BCUT2D eigenvalue weighted by atomic mass is 9.94. The van der Waals surface area contributed by atoms with E-state index in [2.05, 4.69) is 39.8 Å². The molecule has 0 fully saturated rings. The van der Waals surface area contributed by atoms with E-state index in [9.17, 15) is 9.59 Å². The lowest BCUT2D eigenvalue weighted by Gasteiger charge is -2.21. The van der Waals surface area contributed by atoms with Gasteiger partial charge in [-0.3, -0.25) is 9.59 Å². The molecule has 5 heteroatoms. The second-order valence-corrected chi connectivity index (χ2v) is 12.4. The van der Waals surface area contributed by atoms with Gasteiger partial charge in [-0.1, -0.05) is 130 Å². The van der Waals surface area contributed by atoms with Crippen molar-refractivity contribution in [1.82, 2.24) is 4.90 Å². The molecule has 0 spiro atoms. The van der Waals surface area contributed by atoms with Gasteiger partial charge in [0.2, 0.25) is 0 Å². The molecular formula is C35H69NO4. The highest BCUT2D eigenvalue weighted by Crippen LogP contribution is 2.21. The van der Waals surface area contributed by atoms with Crippen molar-refractivity contribution >= 4 is 11.9 Å². The fraction of sp³-hybridized carbons (Fsp3) is 0.943. The van der Waals surface area contributed by atoms with Gasteiger partial charge in [-0.15, -0.1) is 0 Å². The molecule has 2 unspecified atom stereocenters. The molecule has 238 valence electrons. The number of carbonyl (C=O) groups is 2. The topological polar surface area (TPSA) is 55.8 Å². The van der Waals surface area contributed by atoms with Crippen LogP contribution >= 0.6 is 0 Å². The fourth-order valence-corrected chi connectivity index (χ4v) is 5.29. The number of esters is 2. The van der Waals surface area contributed by atoms with Crippen molar-refractivity contribution in [3.8, 4) is 0 Å². The van der Waals surface area contributed by atoms with E-state index in [1.807, 2.05) is 0 Å². The molecule has 0 aromatic rings. The van der Waals surface area contributed by atoms with E-state index in [0.29, 0.717) is 6.42 Å². The van der Waals surface area contributed by atoms with Crippen molar-refractivity contribution in [3.05, 3.63) is 0 Å². The number of hydrogen-bond donors (Lipinski definition) is 0. The molecule has 5 nitrogen and oxygen atoms in total. The molecule has 0 aliphatic heterocycles. The molecule has 0 aromatic carbocycles. The molecule has 0 saturated heterocycles. The third kappa shape index (κ3) is 25.8. The standard InChI is InChI=1S/C35H69NO4/c1-6-9-12-15-17-19-23-28-33(40-34(37)29-24-20-25-30-36(4)5)31-39-35(38)32(26-21-14-11-8-3)27-22-18-16-13-10-7-2/h32-33H,6-31H2,1-5H3. The third-order valence-electron chi connectivity index (χ3n) is 7.97. The molecule has 0 aliphatic rings. The smallest absolute Gasteiger partial charge is 0.309 e. The molecule has 0 amide bonds. The van der Waals surface area contributed by atoms with E-state index < -0.39 is 0 Å². The number of hydrogen-bond acceptors (Lipinski definition) is 5. The van der Waals surface area contributed by atoms with Crippen LogP contribution in [0.2, 0.25) is 0 Å². The third-order valence-corrected chi connectivity index (χ3v) is 7.97. The maximum absolute atomic E-state index is 13.2. The normalized spacial score (nSPS) is 12.9. The number of rotatable bonds is 30. The van der Waals surface area contributed by atoms with Crippen molar-refractivity contribution in [2.45, 2.75) is 181 Å². The summed E-state index contributed by atoms with van der Waals surface area (Å²) in [5.41, 5.74) is 0. The summed E-state index contributed by atoms with van der Waals surface area (Å²) in [5.74, 6) is -0.235. The highest BCUT2D eigenvalue weighted by atomic mass is 16.6. The van der Waals surface area contributed by atoms with Gasteiger partial charge in [0.05, 0.1) is 5.92 Å². The Hall–Kier alpha value is -1.10. The highest BCUT2D eigenvalue weighted by molar-refractivity contribution is 5.72. The van der Waals surface area contributed by atoms with Gasteiger partial charge in [0.1, 0.15) is 12.7 Å². The summed E-state index contributed by atoms with van der Waals surface area (Å²) >= 11 is 0. The first-order chi connectivity index (χ1) is 19.4. The van der Waals surface area contributed by atoms with Gasteiger partial charge in [0.25, 0.3) is 0 Å².